The van der Waals surface area contributed by atoms with Gasteiger partial charge in [0.15, 0.2) is 0 Å². The number of aliphatic carboxylic acids is 1. The Morgan fingerprint density at radius 1 is 1.42 bits per heavy atom. The summed E-state index contributed by atoms with van der Waals surface area (Å²) in [6, 6.07) is 0. The summed E-state index contributed by atoms with van der Waals surface area (Å²) in [6.07, 6.45) is 2.44. The summed E-state index contributed by atoms with van der Waals surface area (Å²) in [7, 11) is -3.03. The van der Waals surface area contributed by atoms with Gasteiger partial charge in [0.1, 0.15) is 9.84 Å². The fraction of sp³-hybridized carbons (Fsp3) is 0.857. The first-order valence-electron chi connectivity index (χ1n) is 3.83. The third kappa shape index (κ3) is 1.97. The average molecular weight is 192 g/mol. The summed E-state index contributed by atoms with van der Waals surface area (Å²) in [6.45, 7) is 0. The lowest BCUT2D eigenvalue weighted by Gasteiger charge is -2.05. The minimum absolute atomic E-state index is 0.286. The van der Waals surface area contributed by atoms with Crippen LogP contribution in [0.5, 0.6) is 0 Å². The maximum Gasteiger partial charge on any atom is 0.306 e. The normalized spacial score (nSPS) is 30.4. The third-order valence-corrected chi connectivity index (χ3v) is 3.98. The largest absolute Gasteiger partial charge is 0.481 e. The van der Waals surface area contributed by atoms with Crippen LogP contribution in [0.1, 0.15) is 19.3 Å². The molecule has 12 heavy (non-hydrogen) atoms. The highest BCUT2D eigenvalue weighted by molar-refractivity contribution is 7.91. The Morgan fingerprint density at radius 3 is 2.25 bits per heavy atom. The van der Waals surface area contributed by atoms with Crippen molar-refractivity contribution in [1.29, 1.82) is 0 Å². The van der Waals surface area contributed by atoms with Gasteiger partial charge in [0.2, 0.25) is 0 Å². The molecule has 70 valence electrons. The topological polar surface area (TPSA) is 71.4 Å². The second kappa shape index (κ2) is 3.05. The number of hydrogen-bond donors (Lipinski definition) is 1. The number of rotatable bonds is 2. The molecule has 0 radical (unpaired) electrons. The maximum absolute atomic E-state index is 11.0. The lowest BCUT2D eigenvalue weighted by molar-refractivity contribution is -0.141. The van der Waals surface area contributed by atoms with Gasteiger partial charge in [0.25, 0.3) is 0 Å². The summed E-state index contributed by atoms with van der Waals surface area (Å²) in [5.74, 6) is -1.33. The Morgan fingerprint density at radius 2 is 2.00 bits per heavy atom. The van der Waals surface area contributed by atoms with Crippen LogP contribution in [0.25, 0.3) is 0 Å². The first-order valence-corrected chi connectivity index (χ1v) is 5.78. The Bertz CT molecular complexity index is 280. The molecule has 0 bridgehead atoms. The third-order valence-electron chi connectivity index (χ3n) is 2.34. The highest BCUT2D eigenvalue weighted by Crippen LogP contribution is 2.29. The standard InChI is InChI=1S/C7H12O4S/c1-12(10,11)6-3-2-5(4-6)7(8)9/h5-6H,2-4H2,1H3,(H,8,9)/t5-,6-/m0/s1. The summed E-state index contributed by atoms with van der Waals surface area (Å²) in [5.41, 5.74) is 0. The minimum atomic E-state index is -3.03. The Hall–Kier alpha value is -0.580. The fourth-order valence-electron chi connectivity index (χ4n) is 1.55. The second-order valence-electron chi connectivity index (χ2n) is 3.30. The van der Waals surface area contributed by atoms with Crippen LogP contribution in [0.2, 0.25) is 0 Å². The quantitative estimate of drug-likeness (QED) is 0.682. The van der Waals surface area contributed by atoms with Gasteiger partial charge in [-0.1, -0.05) is 0 Å². The fourth-order valence-corrected chi connectivity index (χ4v) is 2.70. The molecule has 4 nitrogen and oxygen atoms in total. The number of carboxylic acid groups (broad SMARTS) is 1. The van der Waals surface area contributed by atoms with E-state index in [1.807, 2.05) is 0 Å². The van der Waals surface area contributed by atoms with E-state index in [-0.39, 0.29) is 6.42 Å². The first kappa shape index (κ1) is 9.51. The lowest BCUT2D eigenvalue weighted by Crippen LogP contribution is -2.18. The van der Waals surface area contributed by atoms with E-state index >= 15 is 0 Å². The number of hydrogen-bond acceptors (Lipinski definition) is 3. The second-order valence-corrected chi connectivity index (χ2v) is 5.63. The lowest BCUT2D eigenvalue weighted by atomic mass is 10.1. The summed E-state index contributed by atoms with van der Waals surface area (Å²) < 4.78 is 22.0. The summed E-state index contributed by atoms with van der Waals surface area (Å²) in [4.78, 5) is 10.5. The first-order chi connectivity index (χ1) is 5.41. The molecular weight excluding hydrogens is 180 g/mol. The number of carbonyl (C=O) groups is 1. The monoisotopic (exact) mass is 192 g/mol. The molecular formula is C7H12O4S. The molecule has 0 aromatic carbocycles. The summed E-state index contributed by atoms with van der Waals surface area (Å²) in [5, 5.41) is 8.17. The van der Waals surface area contributed by atoms with E-state index in [1.165, 1.54) is 6.26 Å². The van der Waals surface area contributed by atoms with Crippen molar-refractivity contribution in [3.63, 3.8) is 0 Å². The highest BCUT2D eigenvalue weighted by Gasteiger charge is 2.34. The van der Waals surface area contributed by atoms with Gasteiger partial charge in [-0.3, -0.25) is 4.79 Å². The molecule has 0 heterocycles. The van der Waals surface area contributed by atoms with Crippen molar-refractivity contribution in [3.05, 3.63) is 0 Å². The van der Waals surface area contributed by atoms with Crippen molar-refractivity contribution in [2.75, 3.05) is 6.26 Å². The van der Waals surface area contributed by atoms with Crippen LogP contribution >= 0.6 is 0 Å². The average Bonchev–Trinajstić information content (AvgIpc) is 2.30. The van der Waals surface area contributed by atoms with Crippen molar-refractivity contribution in [1.82, 2.24) is 0 Å². The van der Waals surface area contributed by atoms with Crippen LogP contribution in [-0.2, 0) is 14.6 Å². The van der Waals surface area contributed by atoms with Crippen LogP contribution in [0.3, 0.4) is 0 Å². The zero-order valence-electron chi connectivity index (χ0n) is 6.86. The van der Waals surface area contributed by atoms with Gasteiger partial charge in [-0.05, 0) is 19.3 Å². The number of sulfone groups is 1. The molecule has 0 amide bonds. The van der Waals surface area contributed by atoms with Crippen LogP contribution in [-0.4, -0.2) is 31.0 Å². The van der Waals surface area contributed by atoms with Gasteiger partial charge in [-0.15, -0.1) is 0 Å². The molecule has 0 aromatic rings. The van der Waals surface area contributed by atoms with Crippen molar-refractivity contribution in [2.24, 2.45) is 5.92 Å². The molecule has 1 aliphatic rings. The van der Waals surface area contributed by atoms with E-state index in [2.05, 4.69) is 0 Å². The van der Waals surface area contributed by atoms with E-state index in [9.17, 15) is 13.2 Å². The van der Waals surface area contributed by atoms with Gasteiger partial charge >= 0.3 is 5.97 Å². The molecule has 1 aliphatic carbocycles. The molecule has 5 heteroatoms. The van der Waals surface area contributed by atoms with E-state index in [0.717, 1.165) is 0 Å². The molecule has 1 fully saturated rings. The van der Waals surface area contributed by atoms with Crippen molar-refractivity contribution >= 4 is 15.8 Å². The highest BCUT2D eigenvalue weighted by atomic mass is 32.2. The van der Waals surface area contributed by atoms with Gasteiger partial charge in [0, 0.05) is 6.26 Å². The summed E-state index contributed by atoms with van der Waals surface area (Å²) >= 11 is 0. The van der Waals surface area contributed by atoms with Crippen LogP contribution in [0.4, 0.5) is 0 Å². The van der Waals surface area contributed by atoms with E-state index in [0.29, 0.717) is 12.8 Å². The molecule has 1 saturated carbocycles. The van der Waals surface area contributed by atoms with E-state index in [1.54, 1.807) is 0 Å². The minimum Gasteiger partial charge on any atom is -0.481 e. The zero-order chi connectivity index (χ0) is 9.35. The SMILES string of the molecule is CS(=O)(=O)[C@H]1CC[C@H](C(=O)O)C1. The van der Waals surface area contributed by atoms with E-state index in [4.69, 9.17) is 5.11 Å². The van der Waals surface area contributed by atoms with E-state index < -0.39 is 27.0 Å². The van der Waals surface area contributed by atoms with Crippen molar-refractivity contribution < 1.29 is 18.3 Å². The van der Waals surface area contributed by atoms with Gasteiger partial charge < -0.3 is 5.11 Å². The molecule has 0 aromatic heterocycles. The van der Waals surface area contributed by atoms with Crippen LogP contribution < -0.4 is 0 Å². The van der Waals surface area contributed by atoms with Crippen molar-refractivity contribution in [2.45, 2.75) is 24.5 Å². The Labute approximate surface area is 71.5 Å². The molecule has 0 spiro atoms. The molecule has 0 unspecified atom stereocenters. The maximum atomic E-state index is 11.0. The van der Waals surface area contributed by atoms with Gasteiger partial charge in [-0.2, -0.15) is 0 Å². The molecule has 0 saturated heterocycles. The Kier molecular flexibility index (Phi) is 2.41. The molecule has 0 aliphatic heterocycles. The molecule has 2 atom stereocenters. The molecule has 1 rings (SSSR count). The van der Waals surface area contributed by atoms with Gasteiger partial charge in [-0.25, -0.2) is 8.42 Å². The molecule has 1 N–H and O–H groups in total. The zero-order valence-corrected chi connectivity index (χ0v) is 7.67. The smallest absolute Gasteiger partial charge is 0.306 e. The van der Waals surface area contributed by atoms with Gasteiger partial charge in [0.05, 0.1) is 11.2 Å². The predicted molar refractivity (Wildman–Crippen MR) is 43.6 cm³/mol. The number of carboxylic acids is 1. The predicted octanol–water partition coefficient (Wildman–Crippen LogP) is 0.284. The van der Waals surface area contributed by atoms with Crippen LogP contribution in [0.15, 0.2) is 0 Å². The Balaban J connectivity index is 2.64. The van der Waals surface area contributed by atoms with Crippen LogP contribution in [0, 0.1) is 5.92 Å². The van der Waals surface area contributed by atoms with Crippen molar-refractivity contribution in [3.8, 4) is 0 Å².